The first-order chi connectivity index (χ1) is 9.15. The van der Waals surface area contributed by atoms with Crippen LogP contribution in [0.5, 0.6) is 0 Å². The second kappa shape index (κ2) is 6.74. The Kier molecular flexibility index (Phi) is 5.00. The Bertz CT molecular complexity index is 448. The summed E-state index contributed by atoms with van der Waals surface area (Å²) in [5, 5.41) is 3.21. The molecule has 3 N–H and O–H groups in total. The van der Waals surface area contributed by atoms with Gasteiger partial charge in [0.2, 0.25) is 5.95 Å². The number of aromatic nitrogens is 2. The van der Waals surface area contributed by atoms with Crippen molar-refractivity contribution in [1.29, 1.82) is 0 Å². The Morgan fingerprint density at radius 2 is 2.21 bits per heavy atom. The van der Waals surface area contributed by atoms with Crippen molar-refractivity contribution in [2.75, 3.05) is 44.7 Å². The molecule has 1 fully saturated rings. The van der Waals surface area contributed by atoms with Crippen LogP contribution in [0.1, 0.15) is 11.4 Å². The van der Waals surface area contributed by atoms with Gasteiger partial charge in [-0.3, -0.25) is 4.90 Å². The maximum Gasteiger partial charge on any atom is 0.223 e. The van der Waals surface area contributed by atoms with Gasteiger partial charge in [-0.2, -0.15) is 0 Å². The number of aryl methyl sites for hydroxylation is 1. The molecule has 104 valence electrons. The molecule has 0 bridgehead atoms. The first-order valence-corrected chi connectivity index (χ1v) is 6.75. The molecule has 0 aromatic carbocycles. The quantitative estimate of drug-likeness (QED) is 0.745. The van der Waals surface area contributed by atoms with E-state index in [0.717, 1.165) is 45.1 Å². The minimum atomic E-state index is 0.293. The Balaban J connectivity index is 1.86. The monoisotopic (exact) mass is 281 g/mol. The van der Waals surface area contributed by atoms with Crippen molar-refractivity contribution in [3.63, 3.8) is 0 Å². The number of anilines is 1. The van der Waals surface area contributed by atoms with Gasteiger partial charge < -0.3 is 15.8 Å². The average Bonchev–Trinajstić information content (AvgIpc) is 2.39. The van der Waals surface area contributed by atoms with Gasteiger partial charge in [0.1, 0.15) is 10.7 Å². The van der Waals surface area contributed by atoms with Crippen LogP contribution in [0.15, 0.2) is 6.07 Å². The third-order valence-electron chi connectivity index (χ3n) is 2.92. The lowest BCUT2D eigenvalue weighted by Crippen LogP contribution is -2.39. The lowest BCUT2D eigenvalue weighted by Gasteiger charge is -2.26. The Morgan fingerprint density at radius 1 is 1.47 bits per heavy atom. The number of hydrogen-bond donors (Lipinski definition) is 2. The molecule has 0 saturated carbocycles. The number of morpholine rings is 1. The van der Waals surface area contributed by atoms with Crippen LogP contribution in [0.25, 0.3) is 0 Å². The third-order valence-corrected chi connectivity index (χ3v) is 3.13. The smallest absolute Gasteiger partial charge is 0.223 e. The zero-order chi connectivity index (χ0) is 13.7. The summed E-state index contributed by atoms with van der Waals surface area (Å²) in [6.07, 6.45) is 0. The molecule has 1 saturated heterocycles. The third kappa shape index (κ3) is 4.38. The average molecular weight is 281 g/mol. The van der Waals surface area contributed by atoms with Gasteiger partial charge in [-0.25, -0.2) is 9.97 Å². The van der Waals surface area contributed by atoms with Crippen LogP contribution in [0, 0.1) is 6.92 Å². The van der Waals surface area contributed by atoms with Crippen LogP contribution in [-0.2, 0) is 4.74 Å². The van der Waals surface area contributed by atoms with Gasteiger partial charge in [0, 0.05) is 31.9 Å². The topological polar surface area (TPSA) is 76.3 Å². The second-order valence-electron chi connectivity index (χ2n) is 4.46. The molecule has 2 rings (SSSR count). The van der Waals surface area contributed by atoms with E-state index in [9.17, 15) is 0 Å². The fraction of sp³-hybridized carbons (Fsp3) is 0.583. The minimum Gasteiger partial charge on any atom is -0.388 e. The maximum absolute atomic E-state index is 5.59. The number of nitrogens with zero attached hydrogens (tertiary/aromatic N) is 3. The fourth-order valence-corrected chi connectivity index (χ4v) is 2.03. The first-order valence-electron chi connectivity index (χ1n) is 6.34. The van der Waals surface area contributed by atoms with E-state index in [0.29, 0.717) is 16.6 Å². The summed E-state index contributed by atoms with van der Waals surface area (Å²) in [5.74, 6) is 0.580. The molecule has 0 atom stereocenters. The lowest BCUT2D eigenvalue weighted by molar-refractivity contribution is 0.0398. The van der Waals surface area contributed by atoms with E-state index in [1.807, 2.05) is 6.92 Å². The highest BCUT2D eigenvalue weighted by Gasteiger charge is 2.10. The Morgan fingerprint density at radius 3 is 2.89 bits per heavy atom. The number of nitrogens with one attached hydrogen (secondary N) is 1. The zero-order valence-corrected chi connectivity index (χ0v) is 11.9. The van der Waals surface area contributed by atoms with Gasteiger partial charge >= 0.3 is 0 Å². The summed E-state index contributed by atoms with van der Waals surface area (Å²) in [7, 11) is 0. The van der Waals surface area contributed by atoms with Gasteiger partial charge in [0.15, 0.2) is 0 Å². The van der Waals surface area contributed by atoms with Gasteiger partial charge in [0.25, 0.3) is 0 Å². The Hall–Kier alpha value is -1.31. The molecule has 1 aromatic rings. The molecular formula is C12H19N5OS. The predicted molar refractivity (Wildman–Crippen MR) is 78.4 cm³/mol. The van der Waals surface area contributed by atoms with Crippen molar-refractivity contribution in [2.45, 2.75) is 6.92 Å². The summed E-state index contributed by atoms with van der Waals surface area (Å²) in [6.45, 7) is 7.22. The molecule has 19 heavy (non-hydrogen) atoms. The second-order valence-corrected chi connectivity index (χ2v) is 4.90. The molecule has 0 amide bonds. The van der Waals surface area contributed by atoms with Crippen LogP contribution >= 0.6 is 12.2 Å². The van der Waals surface area contributed by atoms with E-state index in [2.05, 4.69) is 20.2 Å². The van der Waals surface area contributed by atoms with Crippen molar-refractivity contribution >= 4 is 23.2 Å². The molecule has 2 heterocycles. The minimum absolute atomic E-state index is 0.293. The molecule has 1 aliphatic rings. The van der Waals surface area contributed by atoms with Crippen LogP contribution in [-0.4, -0.2) is 59.2 Å². The van der Waals surface area contributed by atoms with Gasteiger partial charge in [-0.1, -0.05) is 12.2 Å². The summed E-state index contributed by atoms with van der Waals surface area (Å²) in [4.78, 5) is 11.2. The lowest BCUT2D eigenvalue weighted by atomic mass is 10.3. The highest BCUT2D eigenvalue weighted by molar-refractivity contribution is 7.80. The van der Waals surface area contributed by atoms with Crippen molar-refractivity contribution < 1.29 is 4.74 Å². The van der Waals surface area contributed by atoms with E-state index in [1.165, 1.54) is 0 Å². The van der Waals surface area contributed by atoms with Crippen molar-refractivity contribution in [3.8, 4) is 0 Å². The van der Waals surface area contributed by atoms with E-state index < -0.39 is 0 Å². The van der Waals surface area contributed by atoms with Crippen molar-refractivity contribution in [2.24, 2.45) is 5.73 Å². The standard InChI is InChI=1S/C12H19N5OS/c1-9-8-10(11(13)19)16-12(15-9)14-2-3-17-4-6-18-7-5-17/h8H,2-7H2,1H3,(H2,13,19)(H,14,15,16). The molecular weight excluding hydrogens is 262 g/mol. The molecule has 1 aromatic heterocycles. The number of rotatable bonds is 5. The van der Waals surface area contributed by atoms with E-state index >= 15 is 0 Å². The molecule has 0 spiro atoms. The number of thiocarbonyl (C=S) groups is 1. The van der Waals surface area contributed by atoms with E-state index in [4.69, 9.17) is 22.7 Å². The van der Waals surface area contributed by atoms with Gasteiger partial charge in [0.05, 0.1) is 13.2 Å². The van der Waals surface area contributed by atoms with E-state index in [-0.39, 0.29) is 0 Å². The normalized spacial score (nSPS) is 16.3. The predicted octanol–water partition coefficient (Wildman–Crippen LogP) is 0.163. The fourth-order valence-electron chi connectivity index (χ4n) is 1.92. The van der Waals surface area contributed by atoms with Crippen LogP contribution < -0.4 is 11.1 Å². The van der Waals surface area contributed by atoms with Crippen LogP contribution in [0.2, 0.25) is 0 Å². The Labute approximate surface area is 118 Å². The number of ether oxygens (including phenoxy) is 1. The molecule has 0 unspecified atom stereocenters. The van der Waals surface area contributed by atoms with Crippen molar-refractivity contribution in [1.82, 2.24) is 14.9 Å². The molecule has 0 aliphatic carbocycles. The van der Waals surface area contributed by atoms with Gasteiger partial charge in [-0.15, -0.1) is 0 Å². The van der Waals surface area contributed by atoms with Crippen LogP contribution in [0.4, 0.5) is 5.95 Å². The summed E-state index contributed by atoms with van der Waals surface area (Å²) < 4.78 is 5.31. The SMILES string of the molecule is Cc1cc(C(N)=S)nc(NCCN2CCOCC2)n1. The first kappa shape index (κ1) is 14.1. The highest BCUT2D eigenvalue weighted by Crippen LogP contribution is 2.05. The number of hydrogen-bond acceptors (Lipinski definition) is 6. The summed E-state index contributed by atoms with van der Waals surface area (Å²) in [6, 6.07) is 1.79. The summed E-state index contributed by atoms with van der Waals surface area (Å²) in [5.41, 5.74) is 7.05. The maximum atomic E-state index is 5.59. The van der Waals surface area contributed by atoms with E-state index in [1.54, 1.807) is 6.07 Å². The molecule has 0 radical (unpaired) electrons. The summed E-state index contributed by atoms with van der Waals surface area (Å²) >= 11 is 4.93. The van der Waals surface area contributed by atoms with Crippen LogP contribution in [0.3, 0.4) is 0 Å². The molecule has 6 nitrogen and oxygen atoms in total. The molecule has 7 heteroatoms. The highest BCUT2D eigenvalue weighted by atomic mass is 32.1. The number of nitrogens with two attached hydrogens (primary N) is 1. The largest absolute Gasteiger partial charge is 0.388 e. The zero-order valence-electron chi connectivity index (χ0n) is 11.1. The van der Waals surface area contributed by atoms with Gasteiger partial charge in [-0.05, 0) is 13.0 Å². The van der Waals surface area contributed by atoms with Crippen molar-refractivity contribution in [3.05, 3.63) is 17.5 Å². The molecule has 1 aliphatic heterocycles.